The van der Waals surface area contributed by atoms with Crippen LogP contribution in [0.4, 0.5) is 5.69 Å². The Labute approximate surface area is 159 Å². The first kappa shape index (κ1) is 18.0. The molecule has 0 spiro atoms. The summed E-state index contributed by atoms with van der Waals surface area (Å²) in [5.41, 5.74) is 2.36. The first-order valence-electron chi connectivity index (χ1n) is 8.88. The predicted octanol–water partition coefficient (Wildman–Crippen LogP) is 2.55. The molecular weight excluding hydrogens is 364 g/mol. The van der Waals surface area contributed by atoms with E-state index in [0.717, 1.165) is 11.1 Å². The summed E-state index contributed by atoms with van der Waals surface area (Å²) in [6.45, 7) is 2.55. The molecule has 0 bridgehead atoms. The maximum absolute atomic E-state index is 13.1. The predicted molar refractivity (Wildman–Crippen MR) is 103 cm³/mol. The number of anilines is 1. The van der Waals surface area contributed by atoms with Crippen molar-refractivity contribution in [2.24, 2.45) is 5.92 Å². The number of carbonyl (C=O) groups excluding carboxylic acids is 1. The molecular formula is C20H22N2O4S. The zero-order chi connectivity index (χ0) is 19.2. The molecule has 1 N–H and O–H groups in total. The lowest BCUT2D eigenvalue weighted by atomic mass is 10.1. The van der Waals surface area contributed by atoms with Crippen LogP contribution < -0.4 is 10.1 Å². The van der Waals surface area contributed by atoms with Crippen molar-refractivity contribution < 1.29 is 17.9 Å². The molecule has 6 nitrogen and oxygen atoms in total. The molecule has 1 amide bonds. The zero-order valence-electron chi connectivity index (χ0n) is 15.3. The van der Waals surface area contributed by atoms with Crippen molar-refractivity contribution in [3.05, 3.63) is 59.7 Å². The van der Waals surface area contributed by atoms with Crippen LogP contribution in [0.2, 0.25) is 0 Å². The summed E-state index contributed by atoms with van der Waals surface area (Å²) in [6, 6.07) is 14.7. The van der Waals surface area contributed by atoms with Gasteiger partial charge < -0.3 is 10.1 Å². The number of fused-ring (bicyclic) bond motifs is 1. The van der Waals surface area contributed by atoms with Gasteiger partial charge in [-0.05, 0) is 42.7 Å². The Morgan fingerprint density at radius 1 is 1.26 bits per heavy atom. The minimum absolute atomic E-state index is 0.148. The molecule has 0 radical (unpaired) electrons. The smallest absolute Gasteiger partial charge is 0.247 e. The SMILES string of the molecule is COc1ccc(NC(=O)[C@]23C[C@@H]2CN(Cc2ccccc2)S3(=O)=O)c(C)c1. The highest BCUT2D eigenvalue weighted by atomic mass is 32.2. The number of amides is 1. The molecule has 142 valence electrons. The molecule has 1 heterocycles. The zero-order valence-corrected chi connectivity index (χ0v) is 16.1. The summed E-state index contributed by atoms with van der Waals surface area (Å²) in [7, 11) is -2.12. The average Bonchev–Trinajstić information content (AvgIpc) is 3.35. The van der Waals surface area contributed by atoms with Crippen molar-refractivity contribution in [2.45, 2.75) is 24.6 Å². The summed E-state index contributed by atoms with van der Waals surface area (Å²) >= 11 is 0. The minimum Gasteiger partial charge on any atom is -0.497 e. The van der Waals surface area contributed by atoms with E-state index in [0.29, 0.717) is 30.9 Å². The lowest BCUT2D eigenvalue weighted by Crippen LogP contribution is -2.42. The second kappa shape index (κ2) is 6.35. The number of ether oxygens (including phenoxy) is 1. The van der Waals surface area contributed by atoms with Crippen molar-refractivity contribution >= 4 is 21.6 Å². The molecule has 1 saturated carbocycles. The van der Waals surface area contributed by atoms with Crippen LogP contribution in [-0.4, -0.2) is 37.0 Å². The van der Waals surface area contributed by atoms with Crippen LogP contribution in [0.1, 0.15) is 17.5 Å². The van der Waals surface area contributed by atoms with Crippen LogP contribution in [0.3, 0.4) is 0 Å². The number of methoxy groups -OCH3 is 1. The third-order valence-corrected chi connectivity index (χ3v) is 8.11. The van der Waals surface area contributed by atoms with Gasteiger partial charge in [-0.3, -0.25) is 4.79 Å². The Morgan fingerprint density at radius 2 is 2.00 bits per heavy atom. The van der Waals surface area contributed by atoms with Crippen LogP contribution in [-0.2, 0) is 21.4 Å². The fraction of sp³-hybridized carbons (Fsp3) is 0.350. The van der Waals surface area contributed by atoms with Gasteiger partial charge in [0.1, 0.15) is 5.75 Å². The maximum atomic E-state index is 13.1. The monoisotopic (exact) mass is 386 g/mol. The van der Waals surface area contributed by atoms with Crippen molar-refractivity contribution in [3.8, 4) is 5.75 Å². The molecule has 7 heteroatoms. The van der Waals surface area contributed by atoms with E-state index >= 15 is 0 Å². The van der Waals surface area contributed by atoms with Crippen LogP contribution in [0.5, 0.6) is 5.75 Å². The Hall–Kier alpha value is -2.38. The molecule has 2 aromatic rings. The number of rotatable bonds is 5. The Bertz CT molecular complexity index is 990. The summed E-state index contributed by atoms with van der Waals surface area (Å²) in [5.74, 6) is 0.108. The van der Waals surface area contributed by atoms with Crippen molar-refractivity contribution in [3.63, 3.8) is 0 Å². The first-order valence-corrected chi connectivity index (χ1v) is 10.3. The third-order valence-electron chi connectivity index (χ3n) is 5.54. The second-order valence-corrected chi connectivity index (χ2v) is 9.40. The number of nitrogens with one attached hydrogen (secondary N) is 1. The molecule has 2 fully saturated rings. The van der Waals surface area contributed by atoms with Gasteiger partial charge in [0.25, 0.3) is 0 Å². The summed E-state index contributed by atoms with van der Waals surface area (Å²) in [6.07, 6.45) is 0.391. The normalized spacial score (nSPS) is 25.6. The molecule has 1 saturated heterocycles. The number of hydrogen-bond acceptors (Lipinski definition) is 4. The summed E-state index contributed by atoms with van der Waals surface area (Å²) in [5, 5.41) is 2.83. The number of benzene rings is 2. The quantitative estimate of drug-likeness (QED) is 0.857. The van der Waals surface area contributed by atoms with E-state index in [4.69, 9.17) is 4.74 Å². The van der Waals surface area contributed by atoms with E-state index in [1.807, 2.05) is 43.3 Å². The fourth-order valence-corrected chi connectivity index (χ4v) is 6.22. The number of aryl methyl sites for hydroxylation is 1. The van der Waals surface area contributed by atoms with E-state index in [-0.39, 0.29) is 5.92 Å². The van der Waals surface area contributed by atoms with Gasteiger partial charge in [0.15, 0.2) is 4.75 Å². The number of sulfonamides is 1. The molecule has 4 rings (SSSR count). The van der Waals surface area contributed by atoms with Crippen LogP contribution in [0.15, 0.2) is 48.5 Å². The molecule has 2 aromatic carbocycles. The topological polar surface area (TPSA) is 75.7 Å². The van der Waals surface area contributed by atoms with E-state index < -0.39 is 20.7 Å². The van der Waals surface area contributed by atoms with Gasteiger partial charge in [-0.15, -0.1) is 0 Å². The highest BCUT2D eigenvalue weighted by Crippen LogP contribution is 2.58. The van der Waals surface area contributed by atoms with Crippen molar-refractivity contribution in [2.75, 3.05) is 19.0 Å². The second-order valence-electron chi connectivity index (χ2n) is 7.21. The Balaban J connectivity index is 1.55. The van der Waals surface area contributed by atoms with Crippen molar-refractivity contribution in [1.82, 2.24) is 4.31 Å². The van der Waals surface area contributed by atoms with Crippen molar-refractivity contribution in [1.29, 1.82) is 0 Å². The average molecular weight is 386 g/mol. The summed E-state index contributed by atoms with van der Waals surface area (Å²) < 4.78 is 31.5. The van der Waals surface area contributed by atoms with Crippen LogP contribution in [0, 0.1) is 12.8 Å². The maximum Gasteiger partial charge on any atom is 0.247 e. The van der Waals surface area contributed by atoms with Gasteiger partial charge >= 0.3 is 0 Å². The molecule has 0 aromatic heterocycles. The molecule has 2 atom stereocenters. The van der Waals surface area contributed by atoms with Crippen LogP contribution in [0.25, 0.3) is 0 Å². The minimum atomic E-state index is -3.70. The standard InChI is InChI=1S/C20H22N2O4S/c1-14-10-17(26-2)8-9-18(14)21-19(23)20-11-16(20)13-22(27(20,24)25)12-15-6-4-3-5-7-15/h3-10,16H,11-13H2,1-2H3,(H,21,23)/t16-,20+/m1/s1. The Morgan fingerprint density at radius 3 is 2.67 bits per heavy atom. The van der Waals surface area contributed by atoms with Gasteiger partial charge in [0, 0.05) is 24.7 Å². The fourth-order valence-electron chi connectivity index (χ4n) is 3.87. The van der Waals surface area contributed by atoms with Crippen LogP contribution >= 0.6 is 0 Å². The largest absolute Gasteiger partial charge is 0.497 e. The van der Waals surface area contributed by atoms with E-state index in [2.05, 4.69) is 5.32 Å². The van der Waals surface area contributed by atoms with E-state index in [1.165, 1.54) is 4.31 Å². The number of nitrogens with zero attached hydrogens (tertiary/aromatic N) is 1. The van der Waals surface area contributed by atoms with Gasteiger partial charge in [-0.25, -0.2) is 8.42 Å². The lowest BCUT2D eigenvalue weighted by Gasteiger charge is -2.21. The van der Waals surface area contributed by atoms with E-state index in [1.54, 1.807) is 19.2 Å². The molecule has 2 aliphatic rings. The molecule has 1 aliphatic carbocycles. The van der Waals surface area contributed by atoms with Gasteiger partial charge in [-0.2, -0.15) is 4.31 Å². The van der Waals surface area contributed by atoms with Gasteiger partial charge in [0.2, 0.25) is 15.9 Å². The highest BCUT2D eigenvalue weighted by Gasteiger charge is 2.75. The number of hydrogen-bond donors (Lipinski definition) is 1. The Kier molecular flexibility index (Phi) is 4.24. The van der Waals surface area contributed by atoms with Gasteiger partial charge in [0.05, 0.1) is 7.11 Å². The van der Waals surface area contributed by atoms with Gasteiger partial charge in [-0.1, -0.05) is 30.3 Å². The molecule has 27 heavy (non-hydrogen) atoms. The van der Waals surface area contributed by atoms with E-state index in [9.17, 15) is 13.2 Å². The highest BCUT2D eigenvalue weighted by molar-refractivity contribution is 7.92. The number of carbonyl (C=O) groups is 1. The lowest BCUT2D eigenvalue weighted by molar-refractivity contribution is -0.116. The molecule has 1 aliphatic heterocycles. The first-order chi connectivity index (χ1) is 12.9. The molecule has 0 unspecified atom stereocenters. The third kappa shape index (κ3) is 2.82. The summed E-state index contributed by atoms with van der Waals surface area (Å²) in [4.78, 5) is 13.0.